The quantitative estimate of drug-likeness (QED) is 0.556. The first-order valence-electron chi connectivity index (χ1n) is 11.4. The van der Waals surface area contributed by atoms with Gasteiger partial charge in [0, 0.05) is 18.9 Å². The Morgan fingerprint density at radius 2 is 1.88 bits per heavy atom. The van der Waals surface area contributed by atoms with Crippen LogP contribution in [0.25, 0.3) is 0 Å². The smallest absolute Gasteiger partial charge is 0.408 e. The van der Waals surface area contributed by atoms with E-state index >= 15 is 0 Å². The summed E-state index contributed by atoms with van der Waals surface area (Å²) < 4.78 is 5.23. The van der Waals surface area contributed by atoms with Gasteiger partial charge in [0.2, 0.25) is 11.7 Å². The van der Waals surface area contributed by atoms with E-state index < -0.39 is 35.8 Å². The van der Waals surface area contributed by atoms with Gasteiger partial charge in [-0.3, -0.25) is 19.4 Å². The Morgan fingerprint density at radius 3 is 2.62 bits per heavy atom. The molecular weight excluding hydrogens is 436 g/mol. The number of amides is 3. The van der Waals surface area contributed by atoms with Crippen molar-refractivity contribution in [3.05, 3.63) is 65.5 Å². The molecule has 9 nitrogen and oxygen atoms in total. The van der Waals surface area contributed by atoms with Gasteiger partial charge in [0.25, 0.3) is 5.91 Å². The minimum Gasteiger partial charge on any atom is -0.445 e. The second-order valence-corrected chi connectivity index (χ2v) is 8.54. The lowest BCUT2D eigenvalue weighted by atomic mass is 9.96. The summed E-state index contributed by atoms with van der Waals surface area (Å²) >= 11 is 0. The Kier molecular flexibility index (Phi) is 8.73. The Balaban J connectivity index is 1.66. The minimum atomic E-state index is -1.02. The molecule has 3 N–H and O–H groups in total. The van der Waals surface area contributed by atoms with Crippen molar-refractivity contribution in [2.45, 2.75) is 51.8 Å². The van der Waals surface area contributed by atoms with Gasteiger partial charge in [-0.2, -0.15) is 0 Å². The monoisotopic (exact) mass is 466 g/mol. The van der Waals surface area contributed by atoms with E-state index in [0.717, 1.165) is 16.7 Å². The van der Waals surface area contributed by atoms with Crippen LogP contribution in [0.3, 0.4) is 0 Å². The molecule has 2 aromatic rings. The van der Waals surface area contributed by atoms with E-state index in [1.165, 1.54) is 0 Å². The molecule has 34 heavy (non-hydrogen) atoms. The first kappa shape index (κ1) is 24.9. The molecule has 0 saturated carbocycles. The number of carbonyl (C=O) groups excluding carboxylic acids is 4. The van der Waals surface area contributed by atoms with Crippen LogP contribution in [0, 0.1) is 5.92 Å². The minimum absolute atomic E-state index is 0.0641. The molecule has 0 spiro atoms. The highest BCUT2D eigenvalue weighted by atomic mass is 16.5. The van der Waals surface area contributed by atoms with E-state index in [-0.39, 0.29) is 18.9 Å². The fourth-order valence-electron chi connectivity index (χ4n) is 3.74. The lowest BCUT2D eigenvalue weighted by molar-refractivity contribution is -0.140. The molecule has 0 saturated heterocycles. The molecule has 1 aromatic heterocycles. The van der Waals surface area contributed by atoms with Crippen molar-refractivity contribution in [1.82, 2.24) is 20.9 Å². The zero-order valence-electron chi connectivity index (χ0n) is 19.4. The average Bonchev–Trinajstić information content (AvgIpc) is 2.83. The number of hydrogen-bond acceptors (Lipinski definition) is 6. The van der Waals surface area contributed by atoms with Gasteiger partial charge in [-0.05, 0) is 47.9 Å². The highest BCUT2D eigenvalue weighted by Gasteiger charge is 2.32. The number of carbonyl (C=O) groups is 4. The highest BCUT2D eigenvalue weighted by molar-refractivity contribution is 6.38. The molecule has 180 valence electrons. The van der Waals surface area contributed by atoms with Crippen LogP contribution in [0.4, 0.5) is 4.79 Å². The first-order chi connectivity index (χ1) is 16.3. The lowest BCUT2D eigenvalue weighted by Crippen LogP contribution is -2.55. The fraction of sp³-hybridized carbons (Fsp3) is 0.400. The summed E-state index contributed by atoms with van der Waals surface area (Å²) in [7, 11) is 0. The second-order valence-electron chi connectivity index (χ2n) is 8.54. The van der Waals surface area contributed by atoms with Crippen molar-refractivity contribution < 1.29 is 23.9 Å². The van der Waals surface area contributed by atoms with Crippen LogP contribution < -0.4 is 16.0 Å². The number of ether oxygens (including phenoxy) is 1. The number of hydrogen-bond donors (Lipinski definition) is 3. The van der Waals surface area contributed by atoms with Gasteiger partial charge in [-0.25, -0.2) is 4.79 Å². The Labute approximate surface area is 198 Å². The summed E-state index contributed by atoms with van der Waals surface area (Å²) in [5.41, 5.74) is 2.82. The first-order valence-corrected chi connectivity index (χ1v) is 11.4. The lowest BCUT2D eigenvalue weighted by Gasteiger charge is -2.25. The zero-order valence-corrected chi connectivity index (χ0v) is 19.4. The van der Waals surface area contributed by atoms with Crippen LogP contribution in [0.2, 0.25) is 0 Å². The molecule has 2 unspecified atom stereocenters. The fourth-order valence-corrected chi connectivity index (χ4v) is 3.74. The Morgan fingerprint density at radius 1 is 1.12 bits per heavy atom. The highest BCUT2D eigenvalue weighted by Crippen LogP contribution is 2.14. The van der Waals surface area contributed by atoms with Crippen LogP contribution in [0.5, 0.6) is 0 Å². The number of pyridine rings is 1. The van der Waals surface area contributed by atoms with E-state index in [9.17, 15) is 19.2 Å². The van der Waals surface area contributed by atoms with Crippen LogP contribution >= 0.6 is 0 Å². The number of fused-ring (bicyclic) bond motifs is 1. The van der Waals surface area contributed by atoms with Crippen LogP contribution in [-0.2, 0) is 38.6 Å². The van der Waals surface area contributed by atoms with E-state index in [2.05, 4.69) is 20.9 Å². The zero-order chi connectivity index (χ0) is 24.5. The van der Waals surface area contributed by atoms with Crippen molar-refractivity contribution >= 4 is 23.7 Å². The molecule has 3 amide bonds. The average molecular weight is 467 g/mol. The van der Waals surface area contributed by atoms with E-state index in [4.69, 9.17) is 4.74 Å². The predicted molar refractivity (Wildman–Crippen MR) is 125 cm³/mol. The molecule has 0 radical (unpaired) electrons. The van der Waals surface area contributed by atoms with Gasteiger partial charge in [0.15, 0.2) is 0 Å². The Bertz CT molecular complexity index is 1020. The van der Waals surface area contributed by atoms with Gasteiger partial charge >= 0.3 is 6.09 Å². The molecule has 0 fully saturated rings. The second kappa shape index (κ2) is 11.9. The molecule has 2 heterocycles. The number of aryl methyl sites for hydroxylation is 1. The summed E-state index contributed by atoms with van der Waals surface area (Å²) in [6.07, 6.45) is 4.01. The molecular formula is C25H30N4O5. The third-order valence-corrected chi connectivity index (χ3v) is 5.68. The largest absolute Gasteiger partial charge is 0.445 e. The topological polar surface area (TPSA) is 126 Å². The maximum atomic E-state index is 13.0. The molecule has 0 bridgehead atoms. The van der Waals surface area contributed by atoms with Crippen LogP contribution in [0.1, 0.15) is 37.0 Å². The molecule has 3 rings (SSSR count). The van der Waals surface area contributed by atoms with Crippen molar-refractivity contribution in [2.75, 3.05) is 6.54 Å². The summed E-state index contributed by atoms with van der Waals surface area (Å²) in [6, 6.07) is 9.10. The number of benzene rings is 1. The molecule has 2 atom stereocenters. The van der Waals surface area contributed by atoms with E-state index in [0.29, 0.717) is 19.4 Å². The predicted octanol–water partition coefficient (Wildman–Crippen LogP) is 1.69. The van der Waals surface area contributed by atoms with Crippen LogP contribution in [-0.4, -0.2) is 47.3 Å². The number of nitrogens with one attached hydrogen (secondary N) is 3. The number of aromatic nitrogens is 1. The SMILES string of the molecule is CC(C)C(NC(=O)OCc1ccccc1)C(=O)NC1CCc2ccncc2CCNC(=O)C1=O. The van der Waals surface area contributed by atoms with Gasteiger partial charge in [0.1, 0.15) is 12.6 Å². The number of ketones is 1. The van der Waals surface area contributed by atoms with Crippen molar-refractivity contribution in [3.63, 3.8) is 0 Å². The molecule has 1 aliphatic heterocycles. The van der Waals surface area contributed by atoms with E-state index in [1.54, 1.807) is 26.2 Å². The summed E-state index contributed by atoms with van der Waals surface area (Å²) in [5, 5.41) is 7.85. The summed E-state index contributed by atoms with van der Waals surface area (Å²) in [5.74, 6) is -2.28. The van der Waals surface area contributed by atoms with Gasteiger partial charge in [-0.1, -0.05) is 44.2 Å². The molecule has 0 aliphatic carbocycles. The number of nitrogens with zero attached hydrogens (tertiary/aromatic N) is 1. The normalized spacial score (nSPS) is 17.2. The molecule has 1 aliphatic rings. The van der Waals surface area contributed by atoms with Gasteiger partial charge in [-0.15, -0.1) is 0 Å². The number of rotatable bonds is 6. The van der Waals surface area contributed by atoms with Crippen molar-refractivity contribution in [1.29, 1.82) is 0 Å². The van der Waals surface area contributed by atoms with Gasteiger partial charge < -0.3 is 20.7 Å². The van der Waals surface area contributed by atoms with E-state index in [1.807, 2.05) is 36.4 Å². The maximum absolute atomic E-state index is 13.0. The molecule has 1 aromatic carbocycles. The standard InChI is InChI=1S/C25H30N4O5/c1-16(2)21(29-25(33)34-15-17-6-4-3-5-7-17)23(31)28-20-9-8-18-10-12-26-14-19(18)11-13-27-24(32)22(20)30/h3-7,10,12,14,16,20-21H,8-9,11,13,15H2,1-2H3,(H,27,32)(H,28,31)(H,29,33). The van der Waals surface area contributed by atoms with Crippen LogP contribution in [0.15, 0.2) is 48.8 Å². The third-order valence-electron chi connectivity index (χ3n) is 5.68. The number of alkyl carbamates (subject to hydrolysis) is 1. The third kappa shape index (κ3) is 6.87. The Hall–Kier alpha value is -3.75. The van der Waals surface area contributed by atoms with Crippen molar-refractivity contribution in [2.24, 2.45) is 5.92 Å². The summed E-state index contributed by atoms with van der Waals surface area (Å²) in [6.45, 7) is 3.90. The van der Waals surface area contributed by atoms with Crippen molar-refractivity contribution in [3.8, 4) is 0 Å². The van der Waals surface area contributed by atoms with Gasteiger partial charge in [0.05, 0.1) is 6.04 Å². The maximum Gasteiger partial charge on any atom is 0.408 e. The number of Topliss-reactive ketones (excluding diaryl/α,β-unsaturated/α-hetero) is 1. The summed E-state index contributed by atoms with van der Waals surface area (Å²) in [4.78, 5) is 54.5. The molecule has 9 heteroatoms.